The van der Waals surface area contributed by atoms with Gasteiger partial charge in [0.15, 0.2) is 0 Å². The Balaban J connectivity index is 1.63. The van der Waals surface area contributed by atoms with E-state index < -0.39 is 51.5 Å². The van der Waals surface area contributed by atoms with Crippen LogP contribution in [-0.4, -0.2) is 34.2 Å². The number of nitrogens with zero attached hydrogens (tertiary/aromatic N) is 2. The number of alkyl halides is 3. The molecule has 1 fully saturated rings. The van der Waals surface area contributed by atoms with Crippen molar-refractivity contribution in [2.45, 2.75) is 35.8 Å². The number of fused-ring (bicyclic) bond motifs is 2. The molecule has 2 aliphatic rings. The summed E-state index contributed by atoms with van der Waals surface area (Å²) in [5, 5.41) is -0.644. The highest BCUT2D eigenvalue weighted by Gasteiger charge is 2.57. The van der Waals surface area contributed by atoms with Gasteiger partial charge in [0, 0.05) is 15.3 Å². The second kappa shape index (κ2) is 10.0. The number of amides is 2. The maximum Gasteiger partial charge on any atom is 0.416 e. The number of halogens is 4. The zero-order valence-electron chi connectivity index (χ0n) is 19.5. The van der Waals surface area contributed by atoms with Crippen LogP contribution in [0.3, 0.4) is 0 Å². The number of esters is 1. The first kappa shape index (κ1) is 26.7. The van der Waals surface area contributed by atoms with Gasteiger partial charge in [0.25, 0.3) is 0 Å². The molecule has 0 saturated carbocycles. The number of ether oxygens (including phenoxy) is 1. The Kier molecular flexibility index (Phi) is 7.03. The summed E-state index contributed by atoms with van der Waals surface area (Å²) in [6.45, 7) is 1.39. The van der Waals surface area contributed by atoms with Crippen molar-refractivity contribution in [2.24, 2.45) is 5.92 Å². The van der Waals surface area contributed by atoms with Gasteiger partial charge in [-0.3, -0.25) is 23.7 Å². The number of hydrogen-bond acceptors (Lipinski definition) is 7. The molecular weight excluding hydrogens is 609 g/mol. The van der Waals surface area contributed by atoms with Gasteiger partial charge in [0.1, 0.15) is 11.8 Å². The molecule has 1 aromatic heterocycles. The molecule has 198 valence electrons. The zero-order valence-corrected chi connectivity index (χ0v) is 22.7. The van der Waals surface area contributed by atoms with Crippen LogP contribution in [0.2, 0.25) is 0 Å². The number of aromatic nitrogens is 1. The van der Waals surface area contributed by atoms with Crippen molar-refractivity contribution in [3.05, 3.63) is 78.7 Å². The molecule has 1 saturated heterocycles. The molecule has 0 spiro atoms. The Morgan fingerprint density at radius 1 is 1.08 bits per heavy atom. The molecule has 0 aliphatic carbocycles. The van der Waals surface area contributed by atoms with Crippen LogP contribution in [0.25, 0.3) is 0 Å². The minimum Gasteiger partial charge on any atom is -0.465 e. The van der Waals surface area contributed by atoms with Crippen molar-refractivity contribution in [3.8, 4) is 0 Å². The molecule has 2 aromatic carbocycles. The van der Waals surface area contributed by atoms with Crippen molar-refractivity contribution in [3.63, 3.8) is 0 Å². The average molecular weight is 627 g/mol. The summed E-state index contributed by atoms with van der Waals surface area (Å²) in [5.74, 6) is -3.65. The second-order valence-corrected chi connectivity index (χ2v) is 11.6. The van der Waals surface area contributed by atoms with E-state index in [0.717, 1.165) is 50.7 Å². The Morgan fingerprint density at radius 2 is 1.79 bits per heavy atom. The van der Waals surface area contributed by atoms with E-state index in [1.54, 1.807) is 31.2 Å². The maximum absolute atomic E-state index is 13.8. The molecule has 0 bridgehead atoms. The smallest absolute Gasteiger partial charge is 0.416 e. The third kappa shape index (κ3) is 4.60. The minimum absolute atomic E-state index is 0.123. The molecule has 3 heterocycles. The molecule has 3 atom stereocenters. The monoisotopic (exact) mass is 626 g/mol. The van der Waals surface area contributed by atoms with Gasteiger partial charge in [-0.2, -0.15) is 13.2 Å². The standard InChI is InChI=1S/C25H18BrF3N2O5S2/c1-2-36-16(32)11-30-23-20(38-24(30)35)17(12-6-8-14(26)9-7-12)18-19(37-23)22(34)31(21(18)33)15-5-3-4-13(10-15)25(27,28)29/h3-10,17-19H,2,11H2,1H3/t17-,18?,19?/m1/s1. The summed E-state index contributed by atoms with van der Waals surface area (Å²) in [6, 6.07) is 11.1. The van der Waals surface area contributed by atoms with Crippen LogP contribution < -0.4 is 9.77 Å². The van der Waals surface area contributed by atoms with Crippen LogP contribution in [-0.2, 0) is 31.8 Å². The van der Waals surface area contributed by atoms with Gasteiger partial charge in [-0.15, -0.1) is 0 Å². The van der Waals surface area contributed by atoms with E-state index in [1.165, 1.54) is 10.6 Å². The van der Waals surface area contributed by atoms with E-state index in [2.05, 4.69) is 15.9 Å². The summed E-state index contributed by atoms with van der Waals surface area (Å²) >= 11 is 5.23. The van der Waals surface area contributed by atoms with Crippen molar-refractivity contribution >= 4 is 62.5 Å². The number of imide groups is 1. The van der Waals surface area contributed by atoms with Gasteiger partial charge in [-0.05, 0) is 42.8 Å². The highest BCUT2D eigenvalue weighted by Crippen LogP contribution is 2.54. The zero-order chi connectivity index (χ0) is 27.4. The lowest BCUT2D eigenvalue weighted by molar-refractivity contribution is -0.144. The number of benzene rings is 2. The van der Waals surface area contributed by atoms with Gasteiger partial charge in [-0.1, -0.05) is 57.2 Å². The van der Waals surface area contributed by atoms with E-state index >= 15 is 0 Å². The van der Waals surface area contributed by atoms with Crippen LogP contribution in [0.4, 0.5) is 18.9 Å². The van der Waals surface area contributed by atoms with Crippen LogP contribution >= 0.6 is 39.0 Å². The van der Waals surface area contributed by atoms with Gasteiger partial charge >= 0.3 is 17.0 Å². The average Bonchev–Trinajstić information content (AvgIpc) is 3.30. The molecular formula is C25H18BrF3N2O5S2. The van der Waals surface area contributed by atoms with Crippen LogP contribution in [0.5, 0.6) is 0 Å². The molecule has 0 radical (unpaired) electrons. The molecule has 38 heavy (non-hydrogen) atoms. The van der Waals surface area contributed by atoms with Crippen molar-refractivity contribution in [1.29, 1.82) is 0 Å². The lowest BCUT2D eigenvalue weighted by Crippen LogP contribution is -2.32. The number of carbonyl (C=O) groups is 3. The Bertz CT molecular complexity index is 1500. The van der Waals surface area contributed by atoms with Crippen molar-refractivity contribution in [1.82, 2.24) is 4.57 Å². The van der Waals surface area contributed by atoms with Crippen LogP contribution in [0, 0.1) is 5.92 Å². The first-order valence-corrected chi connectivity index (χ1v) is 13.9. The Morgan fingerprint density at radius 3 is 2.45 bits per heavy atom. The molecule has 2 unspecified atom stereocenters. The predicted molar refractivity (Wildman–Crippen MR) is 138 cm³/mol. The fourth-order valence-corrected chi connectivity index (χ4v) is 7.73. The maximum atomic E-state index is 13.8. The molecule has 2 amide bonds. The highest BCUT2D eigenvalue weighted by atomic mass is 79.9. The quantitative estimate of drug-likeness (QED) is 0.291. The summed E-state index contributed by atoms with van der Waals surface area (Å²) in [5.41, 5.74) is -0.502. The highest BCUT2D eigenvalue weighted by molar-refractivity contribution is 9.10. The van der Waals surface area contributed by atoms with E-state index in [1.807, 2.05) is 0 Å². The lowest BCUT2D eigenvalue weighted by atomic mass is 9.83. The number of hydrogen-bond donors (Lipinski definition) is 0. The molecule has 0 N–H and O–H groups in total. The number of anilines is 1. The van der Waals surface area contributed by atoms with Gasteiger partial charge in [0.2, 0.25) is 11.8 Å². The summed E-state index contributed by atoms with van der Waals surface area (Å²) in [6.07, 6.45) is -4.66. The number of carbonyl (C=O) groups excluding carboxylic acids is 3. The Hall–Kier alpha value is -2.90. The van der Waals surface area contributed by atoms with Crippen LogP contribution in [0.1, 0.15) is 28.8 Å². The number of thioether (sulfide) groups is 1. The molecule has 7 nitrogen and oxygen atoms in total. The van der Waals surface area contributed by atoms with E-state index in [0.29, 0.717) is 15.5 Å². The van der Waals surface area contributed by atoms with Gasteiger partial charge in [-0.25, -0.2) is 4.90 Å². The minimum atomic E-state index is -4.66. The largest absolute Gasteiger partial charge is 0.465 e. The normalized spacial score (nSPS) is 20.9. The van der Waals surface area contributed by atoms with Crippen molar-refractivity contribution < 1.29 is 32.3 Å². The van der Waals surface area contributed by atoms with Gasteiger partial charge < -0.3 is 4.74 Å². The molecule has 3 aromatic rings. The fourth-order valence-electron chi connectivity index (χ4n) is 4.70. The predicted octanol–water partition coefficient (Wildman–Crippen LogP) is 5.05. The van der Waals surface area contributed by atoms with E-state index in [-0.39, 0.29) is 18.8 Å². The summed E-state index contributed by atoms with van der Waals surface area (Å²) < 4.78 is 47.1. The van der Waals surface area contributed by atoms with E-state index in [9.17, 15) is 32.3 Å². The third-order valence-corrected chi connectivity index (χ3v) is 9.44. The Labute approximate surface area is 230 Å². The van der Waals surface area contributed by atoms with Gasteiger partial charge in [0.05, 0.1) is 28.8 Å². The topological polar surface area (TPSA) is 85.7 Å². The fraction of sp³-hybridized carbons (Fsp3) is 0.280. The SMILES string of the molecule is CCOC(=O)Cn1c2c(sc1=O)[C@H](c1ccc(Br)cc1)C1C(=O)N(c3cccc(C(F)(F)F)c3)C(=O)C1S2. The van der Waals surface area contributed by atoms with Crippen molar-refractivity contribution in [2.75, 3.05) is 11.5 Å². The first-order valence-electron chi connectivity index (χ1n) is 11.4. The molecule has 2 aliphatic heterocycles. The number of rotatable bonds is 5. The second-order valence-electron chi connectivity index (χ2n) is 8.58. The number of thiazole rings is 1. The third-order valence-electron chi connectivity index (χ3n) is 6.30. The van der Waals surface area contributed by atoms with E-state index in [4.69, 9.17) is 4.74 Å². The first-order chi connectivity index (χ1) is 18.0. The summed E-state index contributed by atoms with van der Waals surface area (Å²) in [7, 11) is 0. The summed E-state index contributed by atoms with van der Waals surface area (Å²) in [4.78, 5) is 53.4. The molecule has 13 heteroatoms. The van der Waals surface area contributed by atoms with Crippen LogP contribution in [0.15, 0.2) is 62.8 Å². The lowest BCUT2D eigenvalue weighted by Gasteiger charge is -2.30. The molecule has 5 rings (SSSR count).